The van der Waals surface area contributed by atoms with Crippen LogP contribution >= 0.6 is 0 Å². The lowest BCUT2D eigenvalue weighted by molar-refractivity contribution is 0.252. The third kappa shape index (κ3) is 4.33. The lowest BCUT2D eigenvalue weighted by atomic mass is 10.2. The molecular weight excluding hydrogens is 347 g/mol. The van der Waals surface area contributed by atoms with Crippen LogP contribution < -0.4 is 15.5 Å². The van der Waals surface area contributed by atoms with Gasteiger partial charge in [-0.3, -0.25) is 4.68 Å². The molecule has 0 fully saturated rings. The van der Waals surface area contributed by atoms with E-state index in [2.05, 4.69) is 20.7 Å². The topological polar surface area (TPSA) is 75.1 Å². The summed E-state index contributed by atoms with van der Waals surface area (Å²) in [5.41, 5.74) is 2.79. The Balaban J connectivity index is 1.47. The first-order valence-electron chi connectivity index (χ1n) is 8.75. The molecule has 2 N–H and O–H groups in total. The van der Waals surface area contributed by atoms with Crippen LogP contribution in [0.25, 0.3) is 11.0 Å². The van der Waals surface area contributed by atoms with Crippen molar-refractivity contribution in [1.29, 1.82) is 0 Å². The van der Waals surface area contributed by atoms with E-state index in [-0.39, 0.29) is 11.8 Å². The zero-order valence-electron chi connectivity index (χ0n) is 15.7. The fourth-order valence-electron chi connectivity index (χ4n) is 2.95. The van der Waals surface area contributed by atoms with Crippen molar-refractivity contribution >= 4 is 28.4 Å². The van der Waals surface area contributed by atoms with E-state index in [0.717, 1.165) is 16.7 Å². The molecule has 1 aromatic carbocycles. The van der Waals surface area contributed by atoms with Gasteiger partial charge in [0.25, 0.3) is 0 Å². The van der Waals surface area contributed by atoms with Crippen molar-refractivity contribution in [3.63, 3.8) is 0 Å². The van der Waals surface area contributed by atoms with Crippen molar-refractivity contribution in [2.75, 3.05) is 30.4 Å². The quantitative estimate of drug-likeness (QED) is 0.654. The number of aryl methyl sites for hydroxylation is 2. The van der Waals surface area contributed by atoms with Crippen LogP contribution in [0.2, 0.25) is 0 Å². The highest BCUT2D eigenvalue weighted by atomic mass is 19.1. The van der Waals surface area contributed by atoms with E-state index in [4.69, 9.17) is 0 Å². The molecular formula is C19H23FN6O. The number of carbonyl (C=O) groups is 1. The Morgan fingerprint density at radius 1 is 1.33 bits per heavy atom. The first-order valence-corrected chi connectivity index (χ1v) is 8.75. The predicted octanol–water partition coefficient (Wildman–Crippen LogP) is 3.06. The highest BCUT2D eigenvalue weighted by Gasteiger charge is 2.09. The number of urea groups is 1. The second kappa shape index (κ2) is 8.03. The van der Waals surface area contributed by atoms with Gasteiger partial charge < -0.3 is 15.5 Å². The van der Waals surface area contributed by atoms with E-state index in [1.165, 1.54) is 6.07 Å². The SMILES string of the molecule is Cc1nn(C)c2ncc(NC(=O)NCCCN(C)c3ccccc3F)cc12. The molecule has 2 amide bonds. The predicted molar refractivity (Wildman–Crippen MR) is 105 cm³/mol. The minimum absolute atomic E-state index is 0.251. The normalized spacial score (nSPS) is 10.8. The summed E-state index contributed by atoms with van der Waals surface area (Å²) < 4.78 is 15.4. The highest BCUT2D eigenvalue weighted by molar-refractivity contribution is 5.92. The Bertz CT molecular complexity index is 955. The minimum atomic E-state index is -0.300. The van der Waals surface area contributed by atoms with Gasteiger partial charge in [-0.1, -0.05) is 12.1 Å². The maximum Gasteiger partial charge on any atom is 0.319 e. The van der Waals surface area contributed by atoms with Gasteiger partial charge >= 0.3 is 6.03 Å². The molecule has 2 aromatic heterocycles. The van der Waals surface area contributed by atoms with Gasteiger partial charge in [-0.15, -0.1) is 0 Å². The van der Waals surface area contributed by atoms with E-state index in [1.807, 2.05) is 32.0 Å². The average molecular weight is 370 g/mol. The number of para-hydroxylation sites is 1. The molecule has 0 saturated carbocycles. The number of benzene rings is 1. The van der Waals surface area contributed by atoms with E-state index < -0.39 is 0 Å². The van der Waals surface area contributed by atoms with Gasteiger partial charge in [-0.05, 0) is 31.5 Å². The first kappa shape index (κ1) is 18.6. The number of amides is 2. The lowest BCUT2D eigenvalue weighted by Gasteiger charge is -2.19. The van der Waals surface area contributed by atoms with Gasteiger partial charge in [0.1, 0.15) is 5.82 Å². The second-order valence-electron chi connectivity index (χ2n) is 6.41. The Kier molecular flexibility index (Phi) is 5.54. The molecule has 7 nitrogen and oxygen atoms in total. The summed E-state index contributed by atoms with van der Waals surface area (Å²) in [7, 11) is 3.66. The Labute approximate surface area is 157 Å². The van der Waals surface area contributed by atoms with Crippen LogP contribution in [0.15, 0.2) is 36.5 Å². The zero-order valence-corrected chi connectivity index (χ0v) is 15.7. The molecule has 3 aromatic rings. The maximum absolute atomic E-state index is 13.7. The summed E-state index contributed by atoms with van der Waals surface area (Å²) >= 11 is 0. The van der Waals surface area contributed by atoms with Crippen molar-refractivity contribution < 1.29 is 9.18 Å². The second-order valence-corrected chi connectivity index (χ2v) is 6.41. The Morgan fingerprint density at radius 2 is 2.11 bits per heavy atom. The van der Waals surface area contributed by atoms with Crippen molar-refractivity contribution in [3.05, 3.63) is 48.0 Å². The molecule has 0 atom stereocenters. The third-order valence-electron chi connectivity index (χ3n) is 4.34. The molecule has 2 heterocycles. The number of hydrogen-bond acceptors (Lipinski definition) is 4. The van der Waals surface area contributed by atoms with Gasteiger partial charge in [0.05, 0.1) is 23.3 Å². The number of hydrogen-bond donors (Lipinski definition) is 2. The van der Waals surface area contributed by atoms with Gasteiger partial charge in [0, 0.05) is 32.6 Å². The van der Waals surface area contributed by atoms with Crippen molar-refractivity contribution in [2.24, 2.45) is 7.05 Å². The first-order chi connectivity index (χ1) is 13.0. The molecule has 142 valence electrons. The molecule has 0 aliphatic heterocycles. The molecule has 0 radical (unpaired) electrons. The van der Waals surface area contributed by atoms with E-state index >= 15 is 0 Å². The summed E-state index contributed by atoms with van der Waals surface area (Å²) in [6, 6.07) is 8.20. The number of fused-ring (bicyclic) bond motifs is 1. The van der Waals surface area contributed by atoms with Crippen LogP contribution in [-0.2, 0) is 7.05 Å². The van der Waals surface area contributed by atoms with Gasteiger partial charge in [0.2, 0.25) is 0 Å². The van der Waals surface area contributed by atoms with Gasteiger partial charge in [-0.2, -0.15) is 5.10 Å². The third-order valence-corrected chi connectivity index (χ3v) is 4.34. The minimum Gasteiger partial charge on any atom is -0.372 e. The lowest BCUT2D eigenvalue weighted by Crippen LogP contribution is -2.31. The number of anilines is 2. The fraction of sp³-hybridized carbons (Fsp3) is 0.316. The highest BCUT2D eigenvalue weighted by Crippen LogP contribution is 2.19. The number of rotatable bonds is 6. The van der Waals surface area contributed by atoms with Crippen LogP contribution in [0.4, 0.5) is 20.6 Å². The summed E-state index contributed by atoms with van der Waals surface area (Å²) in [4.78, 5) is 18.2. The number of pyridine rings is 1. The zero-order chi connectivity index (χ0) is 19.4. The molecule has 27 heavy (non-hydrogen) atoms. The number of nitrogens with one attached hydrogen (secondary N) is 2. The molecule has 8 heteroatoms. The molecule has 3 rings (SSSR count). The van der Waals surface area contributed by atoms with Crippen molar-refractivity contribution in [1.82, 2.24) is 20.1 Å². The molecule has 0 unspecified atom stereocenters. The molecule has 0 spiro atoms. The molecule has 0 bridgehead atoms. The number of aromatic nitrogens is 3. The molecule has 0 aliphatic rings. The summed E-state index contributed by atoms with van der Waals surface area (Å²) in [6.07, 6.45) is 2.30. The van der Waals surface area contributed by atoms with E-state index in [0.29, 0.717) is 30.9 Å². The van der Waals surface area contributed by atoms with E-state index in [9.17, 15) is 9.18 Å². The average Bonchev–Trinajstić information content (AvgIpc) is 2.92. The number of halogens is 1. The van der Waals surface area contributed by atoms with Crippen LogP contribution in [-0.4, -0.2) is 40.9 Å². The van der Waals surface area contributed by atoms with Crippen LogP contribution in [0.3, 0.4) is 0 Å². The van der Waals surface area contributed by atoms with Gasteiger partial charge in [0.15, 0.2) is 5.65 Å². The number of nitrogens with zero attached hydrogens (tertiary/aromatic N) is 4. The standard InChI is InChI=1S/C19H23FN6O/c1-13-15-11-14(12-22-18(15)26(3)24-13)23-19(27)21-9-6-10-25(2)17-8-5-4-7-16(17)20/h4-5,7-8,11-12H,6,9-10H2,1-3H3,(H2,21,23,27). The van der Waals surface area contributed by atoms with Crippen molar-refractivity contribution in [3.8, 4) is 0 Å². The van der Waals surface area contributed by atoms with Gasteiger partial charge in [-0.25, -0.2) is 14.2 Å². The summed E-state index contributed by atoms with van der Waals surface area (Å²) in [6.45, 7) is 3.01. The largest absolute Gasteiger partial charge is 0.372 e. The summed E-state index contributed by atoms with van der Waals surface area (Å²) in [5, 5.41) is 10.8. The number of carbonyl (C=O) groups excluding carboxylic acids is 1. The monoisotopic (exact) mass is 370 g/mol. The van der Waals surface area contributed by atoms with Crippen LogP contribution in [0.1, 0.15) is 12.1 Å². The smallest absolute Gasteiger partial charge is 0.319 e. The maximum atomic E-state index is 13.7. The van der Waals surface area contributed by atoms with E-state index in [1.54, 1.807) is 29.1 Å². The fourth-order valence-corrected chi connectivity index (χ4v) is 2.95. The van der Waals surface area contributed by atoms with Crippen LogP contribution in [0, 0.1) is 12.7 Å². The molecule has 0 aliphatic carbocycles. The summed E-state index contributed by atoms with van der Waals surface area (Å²) in [5.74, 6) is -0.251. The Morgan fingerprint density at radius 3 is 2.89 bits per heavy atom. The van der Waals surface area contributed by atoms with Crippen molar-refractivity contribution in [2.45, 2.75) is 13.3 Å². The molecule has 0 saturated heterocycles. The van der Waals surface area contributed by atoms with Crippen LogP contribution in [0.5, 0.6) is 0 Å². The Hall–Kier alpha value is -3.16.